The number of aliphatic imine (C=N–C) groups is 1. The molecule has 9 nitrogen and oxygen atoms in total. The van der Waals surface area contributed by atoms with Gasteiger partial charge < -0.3 is 25.3 Å². The summed E-state index contributed by atoms with van der Waals surface area (Å²) in [5, 5.41) is 16.8. The number of guanidine groups is 1. The number of carbonyl (C=O) groups excluding carboxylic acids is 1. The molecule has 0 fully saturated rings. The number of unbranched alkanes of at least 4 members (excludes halogenated alkanes) is 1. The fourth-order valence-corrected chi connectivity index (χ4v) is 2.08. The molecule has 1 aromatic rings. The van der Waals surface area contributed by atoms with Crippen LogP contribution in [0.15, 0.2) is 17.6 Å². The number of amides is 1. The van der Waals surface area contributed by atoms with Crippen LogP contribution in [-0.4, -0.2) is 58.6 Å². The minimum atomic E-state index is -0.473. The van der Waals surface area contributed by atoms with E-state index in [1.807, 2.05) is 32.3 Å². The zero-order valence-electron chi connectivity index (χ0n) is 16.4. The van der Waals surface area contributed by atoms with Crippen LogP contribution in [0.1, 0.15) is 47.0 Å². The number of carbonyl (C=O) groups is 1. The second-order valence-electron chi connectivity index (χ2n) is 6.88. The summed E-state index contributed by atoms with van der Waals surface area (Å²) in [5.74, 6) is 0.800. The molecule has 0 radical (unpaired) electrons. The Morgan fingerprint density at radius 1 is 1.08 bits per heavy atom. The summed E-state index contributed by atoms with van der Waals surface area (Å²) in [6, 6.07) is 0. The van der Waals surface area contributed by atoms with E-state index in [-0.39, 0.29) is 6.09 Å². The SMILES string of the molecule is CCNC(=NCCCNC(=O)OC(C)(C)C)NCCCCn1cnnc1. The maximum absolute atomic E-state index is 11.5. The van der Waals surface area contributed by atoms with E-state index in [4.69, 9.17) is 4.74 Å². The number of hydrogen-bond acceptors (Lipinski definition) is 5. The van der Waals surface area contributed by atoms with Gasteiger partial charge in [0.2, 0.25) is 0 Å². The van der Waals surface area contributed by atoms with Crippen LogP contribution in [0.5, 0.6) is 0 Å². The van der Waals surface area contributed by atoms with Crippen LogP contribution in [0.2, 0.25) is 0 Å². The summed E-state index contributed by atoms with van der Waals surface area (Å²) in [7, 11) is 0. The number of aryl methyl sites for hydroxylation is 1. The Hall–Kier alpha value is -2.32. The van der Waals surface area contributed by atoms with Gasteiger partial charge in [-0.1, -0.05) is 0 Å². The first-order valence-electron chi connectivity index (χ1n) is 9.22. The molecule has 1 heterocycles. The number of rotatable bonds is 10. The molecule has 0 aliphatic heterocycles. The Bertz CT molecular complexity index is 524. The molecule has 3 N–H and O–H groups in total. The molecule has 0 aromatic carbocycles. The third-order valence-electron chi connectivity index (χ3n) is 3.22. The first-order chi connectivity index (χ1) is 12.4. The van der Waals surface area contributed by atoms with Gasteiger partial charge in [-0.2, -0.15) is 0 Å². The molecule has 26 heavy (non-hydrogen) atoms. The van der Waals surface area contributed by atoms with E-state index in [0.29, 0.717) is 13.1 Å². The lowest BCUT2D eigenvalue weighted by molar-refractivity contribution is 0.0527. The molecule has 0 saturated carbocycles. The van der Waals surface area contributed by atoms with Gasteiger partial charge in [-0.15, -0.1) is 10.2 Å². The van der Waals surface area contributed by atoms with Gasteiger partial charge in [0.15, 0.2) is 5.96 Å². The maximum atomic E-state index is 11.5. The summed E-state index contributed by atoms with van der Waals surface area (Å²) < 4.78 is 7.16. The number of ether oxygens (including phenoxy) is 1. The molecule has 0 bridgehead atoms. The fraction of sp³-hybridized carbons (Fsp3) is 0.765. The first-order valence-corrected chi connectivity index (χ1v) is 9.22. The molecule has 0 aliphatic carbocycles. The number of alkyl carbamates (subject to hydrolysis) is 1. The van der Waals surface area contributed by atoms with E-state index >= 15 is 0 Å². The molecule has 0 unspecified atom stereocenters. The largest absolute Gasteiger partial charge is 0.444 e. The quantitative estimate of drug-likeness (QED) is 0.329. The monoisotopic (exact) mass is 367 g/mol. The lowest BCUT2D eigenvalue weighted by atomic mass is 10.2. The van der Waals surface area contributed by atoms with Crippen molar-refractivity contribution in [2.24, 2.45) is 4.99 Å². The van der Waals surface area contributed by atoms with E-state index in [2.05, 4.69) is 31.1 Å². The summed E-state index contributed by atoms with van der Waals surface area (Å²) in [6.07, 6.45) is 5.89. The van der Waals surface area contributed by atoms with Gasteiger partial charge in [0.05, 0.1) is 0 Å². The predicted molar refractivity (Wildman–Crippen MR) is 102 cm³/mol. The van der Waals surface area contributed by atoms with Crippen molar-refractivity contribution in [3.63, 3.8) is 0 Å². The lowest BCUT2D eigenvalue weighted by Gasteiger charge is -2.19. The molecule has 0 aliphatic rings. The van der Waals surface area contributed by atoms with Gasteiger partial charge in [0.1, 0.15) is 18.3 Å². The minimum absolute atomic E-state index is 0.389. The van der Waals surface area contributed by atoms with Crippen molar-refractivity contribution in [1.82, 2.24) is 30.7 Å². The Labute approximate surface area is 156 Å². The van der Waals surface area contributed by atoms with Gasteiger partial charge >= 0.3 is 6.09 Å². The molecular weight excluding hydrogens is 334 g/mol. The van der Waals surface area contributed by atoms with Crippen molar-refractivity contribution in [1.29, 1.82) is 0 Å². The molecule has 0 atom stereocenters. The van der Waals surface area contributed by atoms with Crippen LogP contribution < -0.4 is 16.0 Å². The van der Waals surface area contributed by atoms with Crippen molar-refractivity contribution >= 4 is 12.1 Å². The highest BCUT2D eigenvalue weighted by Crippen LogP contribution is 2.06. The van der Waals surface area contributed by atoms with Crippen molar-refractivity contribution in [2.45, 2.75) is 59.1 Å². The fourth-order valence-electron chi connectivity index (χ4n) is 2.08. The molecule has 9 heteroatoms. The first kappa shape index (κ1) is 21.7. The second kappa shape index (κ2) is 12.1. The van der Waals surface area contributed by atoms with E-state index in [0.717, 1.165) is 44.9 Å². The number of aromatic nitrogens is 3. The molecule has 1 aromatic heterocycles. The van der Waals surface area contributed by atoms with E-state index in [9.17, 15) is 4.79 Å². The maximum Gasteiger partial charge on any atom is 0.407 e. The lowest BCUT2D eigenvalue weighted by Crippen LogP contribution is -2.38. The number of hydrogen-bond donors (Lipinski definition) is 3. The zero-order chi connectivity index (χ0) is 19.3. The smallest absolute Gasteiger partial charge is 0.407 e. The van der Waals surface area contributed by atoms with Crippen molar-refractivity contribution < 1.29 is 9.53 Å². The van der Waals surface area contributed by atoms with Gasteiger partial charge in [0.25, 0.3) is 0 Å². The number of nitrogens with one attached hydrogen (secondary N) is 3. The molecule has 148 valence electrons. The molecule has 1 amide bonds. The molecule has 0 saturated heterocycles. The average Bonchev–Trinajstić information content (AvgIpc) is 3.05. The Morgan fingerprint density at radius 3 is 2.42 bits per heavy atom. The summed E-state index contributed by atoms with van der Waals surface area (Å²) >= 11 is 0. The van der Waals surface area contributed by atoms with Crippen LogP contribution in [0.25, 0.3) is 0 Å². The third kappa shape index (κ3) is 11.3. The van der Waals surface area contributed by atoms with Crippen molar-refractivity contribution in [3.05, 3.63) is 12.7 Å². The van der Waals surface area contributed by atoms with E-state index < -0.39 is 5.60 Å². The van der Waals surface area contributed by atoms with E-state index in [1.165, 1.54) is 0 Å². The van der Waals surface area contributed by atoms with Gasteiger partial charge in [0, 0.05) is 32.7 Å². The van der Waals surface area contributed by atoms with Crippen molar-refractivity contribution in [3.8, 4) is 0 Å². The minimum Gasteiger partial charge on any atom is -0.444 e. The van der Waals surface area contributed by atoms with Gasteiger partial charge in [-0.05, 0) is 47.0 Å². The predicted octanol–water partition coefficient (Wildman–Crippen LogP) is 1.53. The highest BCUT2D eigenvalue weighted by atomic mass is 16.6. The summed E-state index contributed by atoms with van der Waals surface area (Å²) in [5.41, 5.74) is -0.473. The van der Waals surface area contributed by atoms with Gasteiger partial charge in [-0.3, -0.25) is 4.99 Å². The van der Waals surface area contributed by atoms with Crippen LogP contribution in [0.3, 0.4) is 0 Å². The Morgan fingerprint density at radius 2 is 1.77 bits per heavy atom. The summed E-state index contributed by atoms with van der Waals surface area (Å²) in [4.78, 5) is 16.1. The van der Waals surface area contributed by atoms with Crippen LogP contribution >= 0.6 is 0 Å². The zero-order valence-corrected chi connectivity index (χ0v) is 16.4. The normalized spacial score (nSPS) is 11.9. The Balaban J connectivity index is 2.14. The summed E-state index contributed by atoms with van der Waals surface area (Å²) in [6.45, 7) is 11.3. The highest BCUT2D eigenvalue weighted by molar-refractivity contribution is 5.79. The standard InChI is InChI=1S/C17H33N7O2/c1-5-18-15(19-9-6-7-12-24-13-22-23-14-24)20-10-8-11-21-16(25)26-17(2,3)4/h13-14H,5-12H2,1-4H3,(H,21,25)(H2,18,19,20). The molecule has 0 spiro atoms. The van der Waals surface area contributed by atoms with Gasteiger partial charge in [-0.25, -0.2) is 4.79 Å². The Kier molecular flexibility index (Phi) is 10.1. The highest BCUT2D eigenvalue weighted by Gasteiger charge is 2.15. The van der Waals surface area contributed by atoms with E-state index in [1.54, 1.807) is 12.7 Å². The number of nitrogens with zero attached hydrogens (tertiary/aromatic N) is 4. The topological polar surface area (TPSA) is 105 Å². The molecular formula is C17H33N7O2. The second-order valence-corrected chi connectivity index (χ2v) is 6.88. The van der Waals surface area contributed by atoms with Crippen LogP contribution in [0.4, 0.5) is 4.79 Å². The third-order valence-corrected chi connectivity index (χ3v) is 3.22. The van der Waals surface area contributed by atoms with Crippen molar-refractivity contribution in [2.75, 3.05) is 26.2 Å². The van der Waals surface area contributed by atoms with Crippen LogP contribution in [0, 0.1) is 0 Å². The average molecular weight is 367 g/mol. The van der Waals surface area contributed by atoms with Crippen LogP contribution in [-0.2, 0) is 11.3 Å². The molecule has 1 rings (SSSR count).